The lowest BCUT2D eigenvalue weighted by Gasteiger charge is -2.14. The van der Waals surface area contributed by atoms with Gasteiger partial charge in [-0.15, -0.1) is 22.7 Å². The number of rotatable bonds is 2. The molecule has 0 unspecified atom stereocenters. The van der Waals surface area contributed by atoms with Crippen molar-refractivity contribution in [2.75, 3.05) is 11.1 Å². The van der Waals surface area contributed by atoms with Crippen molar-refractivity contribution >= 4 is 49.6 Å². The van der Waals surface area contributed by atoms with Crippen LogP contribution in [0.25, 0.3) is 10.2 Å². The van der Waals surface area contributed by atoms with Gasteiger partial charge in [0.25, 0.3) is 5.91 Å². The Labute approximate surface area is 135 Å². The second kappa shape index (κ2) is 5.33. The molecule has 1 aliphatic carbocycles. The number of pyridine rings is 1. The van der Waals surface area contributed by atoms with Crippen LogP contribution in [0.5, 0.6) is 0 Å². The number of nitrogens with zero attached hydrogens (tertiary/aromatic N) is 2. The summed E-state index contributed by atoms with van der Waals surface area (Å²) in [6, 6.07) is 2.11. The summed E-state index contributed by atoms with van der Waals surface area (Å²) in [5.41, 5.74) is 9.15. The van der Waals surface area contributed by atoms with Gasteiger partial charge in [0.2, 0.25) is 0 Å². The summed E-state index contributed by atoms with van der Waals surface area (Å²) in [7, 11) is 0. The van der Waals surface area contributed by atoms with Gasteiger partial charge in [-0.3, -0.25) is 10.1 Å². The molecule has 0 fully saturated rings. The molecule has 5 nitrogen and oxygen atoms in total. The number of nitrogens with one attached hydrogen (secondary N) is 1. The molecule has 1 amide bonds. The molecule has 0 radical (unpaired) electrons. The van der Waals surface area contributed by atoms with E-state index in [1.807, 2.05) is 5.38 Å². The Balaban J connectivity index is 1.75. The summed E-state index contributed by atoms with van der Waals surface area (Å²) in [6.45, 7) is 0. The number of thiazole rings is 1. The highest BCUT2D eigenvalue weighted by Crippen LogP contribution is 2.35. The predicted molar refractivity (Wildman–Crippen MR) is 90.7 cm³/mol. The second-order valence-corrected chi connectivity index (χ2v) is 7.18. The molecule has 1 aliphatic rings. The summed E-state index contributed by atoms with van der Waals surface area (Å²) in [5.74, 6) is -0.214. The zero-order valence-electron chi connectivity index (χ0n) is 11.8. The first-order chi connectivity index (χ1) is 10.7. The Bertz CT molecular complexity index is 854. The van der Waals surface area contributed by atoms with Crippen molar-refractivity contribution in [3.63, 3.8) is 0 Å². The number of nitrogen functional groups attached to an aromatic ring is 1. The lowest BCUT2D eigenvalue weighted by Crippen LogP contribution is -2.11. The van der Waals surface area contributed by atoms with E-state index in [9.17, 15) is 4.79 Å². The van der Waals surface area contributed by atoms with Crippen LogP contribution in [0.3, 0.4) is 0 Å². The molecule has 3 aromatic rings. The molecule has 3 aromatic heterocycles. The molecule has 0 bridgehead atoms. The number of aryl methyl sites for hydroxylation is 2. The van der Waals surface area contributed by atoms with Gasteiger partial charge in [0, 0.05) is 22.7 Å². The number of anilines is 2. The van der Waals surface area contributed by atoms with Gasteiger partial charge in [-0.2, -0.15) is 0 Å². The molecular formula is C15H14N4OS2. The smallest absolute Gasteiger partial charge is 0.269 e. The highest BCUT2D eigenvalue weighted by Gasteiger charge is 2.20. The largest absolute Gasteiger partial charge is 0.397 e. The zero-order valence-corrected chi connectivity index (χ0v) is 13.4. The third-order valence-corrected chi connectivity index (χ3v) is 5.66. The van der Waals surface area contributed by atoms with Crippen LogP contribution in [0.15, 0.2) is 17.6 Å². The van der Waals surface area contributed by atoms with E-state index in [0.29, 0.717) is 15.7 Å². The van der Waals surface area contributed by atoms with E-state index in [2.05, 4.69) is 16.4 Å². The van der Waals surface area contributed by atoms with E-state index in [0.717, 1.165) is 28.8 Å². The maximum atomic E-state index is 12.4. The number of amides is 1. The third kappa shape index (κ3) is 2.26. The van der Waals surface area contributed by atoms with Crippen LogP contribution in [0.4, 0.5) is 10.8 Å². The Hall–Kier alpha value is -1.99. The monoisotopic (exact) mass is 330 g/mol. The molecule has 0 spiro atoms. The molecule has 7 heteroatoms. The van der Waals surface area contributed by atoms with Crippen molar-refractivity contribution in [2.24, 2.45) is 0 Å². The van der Waals surface area contributed by atoms with Crippen LogP contribution in [-0.2, 0) is 12.8 Å². The van der Waals surface area contributed by atoms with Crippen molar-refractivity contribution in [3.05, 3.63) is 33.8 Å². The summed E-state index contributed by atoms with van der Waals surface area (Å²) >= 11 is 2.74. The fourth-order valence-electron chi connectivity index (χ4n) is 2.77. The Morgan fingerprint density at radius 3 is 3.00 bits per heavy atom. The number of nitrogens with two attached hydrogens (primary N) is 1. The standard InChI is InChI=1S/C15H14N4OS2/c16-11-9-7-8-3-1-2-4-10(8)18-14(9)22-12(11)13(20)19-15-17-5-6-21-15/h5-7H,1-4,16H2,(H,17,19,20). The minimum absolute atomic E-state index is 0.214. The minimum Gasteiger partial charge on any atom is -0.397 e. The van der Waals surface area contributed by atoms with Crippen molar-refractivity contribution in [1.82, 2.24) is 9.97 Å². The van der Waals surface area contributed by atoms with Crippen LogP contribution in [-0.4, -0.2) is 15.9 Å². The van der Waals surface area contributed by atoms with Gasteiger partial charge in [-0.05, 0) is 37.3 Å². The molecule has 112 valence electrons. The topological polar surface area (TPSA) is 80.9 Å². The lowest BCUT2D eigenvalue weighted by atomic mass is 9.95. The molecular weight excluding hydrogens is 316 g/mol. The molecule has 0 saturated carbocycles. The maximum Gasteiger partial charge on any atom is 0.269 e. The van der Waals surface area contributed by atoms with Gasteiger partial charge in [-0.1, -0.05) is 0 Å². The second-order valence-electron chi connectivity index (χ2n) is 5.29. The van der Waals surface area contributed by atoms with Gasteiger partial charge >= 0.3 is 0 Å². The minimum atomic E-state index is -0.214. The summed E-state index contributed by atoms with van der Waals surface area (Å²) in [6.07, 6.45) is 6.10. The van der Waals surface area contributed by atoms with Crippen LogP contribution in [0.1, 0.15) is 33.8 Å². The van der Waals surface area contributed by atoms with Crippen LogP contribution in [0.2, 0.25) is 0 Å². The predicted octanol–water partition coefficient (Wildman–Crippen LogP) is 3.47. The van der Waals surface area contributed by atoms with Crippen molar-refractivity contribution in [3.8, 4) is 0 Å². The Kier molecular flexibility index (Phi) is 3.31. The first-order valence-corrected chi connectivity index (χ1v) is 8.83. The van der Waals surface area contributed by atoms with Gasteiger partial charge in [0.05, 0.1) is 5.69 Å². The Morgan fingerprint density at radius 2 is 2.18 bits per heavy atom. The molecule has 4 rings (SSSR count). The molecule has 3 heterocycles. The van der Waals surface area contributed by atoms with Crippen molar-refractivity contribution in [1.29, 1.82) is 0 Å². The van der Waals surface area contributed by atoms with Gasteiger partial charge < -0.3 is 5.73 Å². The number of aromatic nitrogens is 2. The van der Waals surface area contributed by atoms with Crippen LogP contribution >= 0.6 is 22.7 Å². The van der Waals surface area contributed by atoms with E-state index in [1.54, 1.807) is 6.20 Å². The van der Waals surface area contributed by atoms with E-state index in [4.69, 9.17) is 10.7 Å². The average molecular weight is 330 g/mol. The zero-order chi connectivity index (χ0) is 15.1. The van der Waals surface area contributed by atoms with Gasteiger partial charge in [0.1, 0.15) is 9.71 Å². The van der Waals surface area contributed by atoms with E-state index in [1.165, 1.54) is 41.1 Å². The third-order valence-electron chi connectivity index (χ3n) is 3.86. The number of thiophene rings is 1. The number of hydrogen-bond acceptors (Lipinski definition) is 6. The first-order valence-electron chi connectivity index (χ1n) is 7.14. The van der Waals surface area contributed by atoms with Gasteiger partial charge in [-0.25, -0.2) is 9.97 Å². The first kappa shape index (κ1) is 13.7. The fourth-order valence-corrected chi connectivity index (χ4v) is 4.28. The highest BCUT2D eigenvalue weighted by molar-refractivity contribution is 7.21. The number of hydrogen-bond donors (Lipinski definition) is 2. The summed E-state index contributed by atoms with van der Waals surface area (Å²) < 4.78 is 0. The van der Waals surface area contributed by atoms with Crippen LogP contribution in [0, 0.1) is 0 Å². The Morgan fingerprint density at radius 1 is 1.32 bits per heavy atom. The molecule has 0 aliphatic heterocycles. The number of carbonyl (C=O) groups is 1. The van der Waals surface area contributed by atoms with Crippen molar-refractivity contribution in [2.45, 2.75) is 25.7 Å². The van der Waals surface area contributed by atoms with Gasteiger partial charge in [0.15, 0.2) is 5.13 Å². The lowest BCUT2D eigenvalue weighted by molar-refractivity contribution is 0.103. The van der Waals surface area contributed by atoms with E-state index < -0.39 is 0 Å². The summed E-state index contributed by atoms with van der Waals surface area (Å²) in [5, 5.41) is 6.08. The maximum absolute atomic E-state index is 12.4. The number of fused-ring (bicyclic) bond motifs is 2. The van der Waals surface area contributed by atoms with Crippen LogP contribution < -0.4 is 11.1 Å². The van der Waals surface area contributed by atoms with Crippen molar-refractivity contribution < 1.29 is 4.79 Å². The molecule has 0 saturated heterocycles. The quantitative estimate of drug-likeness (QED) is 0.754. The molecule has 3 N–H and O–H groups in total. The fraction of sp³-hybridized carbons (Fsp3) is 0.267. The number of carbonyl (C=O) groups excluding carboxylic acids is 1. The SMILES string of the molecule is Nc1c(C(=O)Nc2nccs2)sc2nc3c(cc12)CCCC3. The molecule has 0 atom stereocenters. The normalized spacial score (nSPS) is 14.0. The highest BCUT2D eigenvalue weighted by atomic mass is 32.1. The van der Waals surface area contributed by atoms with E-state index in [-0.39, 0.29) is 5.91 Å². The summed E-state index contributed by atoms with van der Waals surface area (Å²) in [4.78, 5) is 22.5. The molecule has 0 aromatic carbocycles. The average Bonchev–Trinajstić information content (AvgIpc) is 3.14. The van der Waals surface area contributed by atoms with E-state index >= 15 is 0 Å². The molecule has 22 heavy (non-hydrogen) atoms.